The van der Waals surface area contributed by atoms with Crippen LogP contribution in [0.5, 0.6) is 11.5 Å². The van der Waals surface area contributed by atoms with Gasteiger partial charge in [0.15, 0.2) is 24.0 Å². The summed E-state index contributed by atoms with van der Waals surface area (Å²) in [7, 11) is 0. The van der Waals surface area contributed by atoms with Gasteiger partial charge in [-0.05, 0) is 41.3 Å². The number of benzene rings is 3. The molecule has 0 saturated heterocycles. The van der Waals surface area contributed by atoms with E-state index in [1.165, 1.54) is 18.2 Å². The SMILES string of the molecule is C=CCOc1ccc(-c2cc(F)c3c(F)c(OCC(F)(F)F)c(F)cc3c2)c(F)c1. The van der Waals surface area contributed by atoms with E-state index in [2.05, 4.69) is 11.3 Å². The van der Waals surface area contributed by atoms with E-state index in [0.29, 0.717) is 6.07 Å². The van der Waals surface area contributed by atoms with E-state index in [9.17, 15) is 30.7 Å². The van der Waals surface area contributed by atoms with Crippen molar-refractivity contribution < 1.29 is 40.2 Å². The third kappa shape index (κ3) is 4.50. The monoisotopic (exact) mass is 430 g/mol. The van der Waals surface area contributed by atoms with Crippen LogP contribution in [0.4, 0.5) is 30.7 Å². The van der Waals surface area contributed by atoms with Gasteiger partial charge in [-0.1, -0.05) is 12.7 Å². The van der Waals surface area contributed by atoms with Gasteiger partial charge >= 0.3 is 6.18 Å². The normalized spacial score (nSPS) is 11.6. The van der Waals surface area contributed by atoms with Gasteiger partial charge in [-0.2, -0.15) is 13.2 Å². The molecular formula is C21H13F7O2. The molecule has 0 spiro atoms. The van der Waals surface area contributed by atoms with Crippen LogP contribution >= 0.6 is 0 Å². The lowest BCUT2D eigenvalue weighted by Gasteiger charge is -2.14. The Kier molecular flexibility index (Phi) is 5.91. The molecule has 3 aromatic carbocycles. The van der Waals surface area contributed by atoms with Crippen molar-refractivity contribution in [2.75, 3.05) is 13.2 Å². The van der Waals surface area contributed by atoms with Crippen LogP contribution in [0.1, 0.15) is 0 Å². The minimum Gasteiger partial charge on any atom is -0.489 e. The number of hydrogen-bond acceptors (Lipinski definition) is 2. The van der Waals surface area contributed by atoms with Gasteiger partial charge in [0.25, 0.3) is 0 Å². The van der Waals surface area contributed by atoms with Crippen LogP contribution in [-0.4, -0.2) is 19.4 Å². The third-order valence-electron chi connectivity index (χ3n) is 4.04. The van der Waals surface area contributed by atoms with Crippen molar-refractivity contribution in [1.29, 1.82) is 0 Å². The molecule has 0 bridgehead atoms. The zero-order chi connectivity index (χ0) is 22.1. The molecule has 0 fully saturated rings. The summed E-state index contributed by atoms with van der Waals surface area (Å²) in [5, 5.41) is -1.09. The predicted octanol–water partition coefficient (Wildman–Crippen LogP) is 6.57. The van der Waals surface area contributed by atoms with Crippen molar-refractivity contribution in [3.63, 3.8) is 0 Å². The highest BCUT2D eigenvalue weighted by Crippen LogP contribution is 2.36. The maximum absolute atomic E-state index is 14.6. The lowest BCUT2D eigenvalue weighted by Crippen LogP contribution is -2.20. The van der Waals surface area contributed by atoms with Crippen LogP contribution in [0.2, 0.25) is 0 Å². The lowest BCUT2D eigenvalue weighted by atomic mass is 9.99. The van der Waals surface area contributed by atoms with Crippen molar-refractivity contribution >= 4 is 10.8 Å². The quantitative estimate of drug-likeness (QED) is 0.325. The Morgan fingerprint density at radius 1 is 0.867 bits per heavy atom. The molecule has 3 rings (SSSR count). The molecule has 30 heavy (non-hydrogen) atoms. The highest BCUT2D eigenvalue weighted by atomic mass is 19.4. The second kappa shape index (κ2) is 8.25. The molecule has 0 aliphatic heterocycles. The molecule has 9 heteroatoms. The van der Waals surface area contributed by atoms with Crippen molar-refractivity contribution in [1.82, 2.24) is 0 Å². The zero-order valence-corrected chi connectivity index (χ0v) is 15.1. The first-order valence-corrected chi connectivity index (χ1v) is 8.45. The molecule has 0 heterocycles. The number of hydrogen-bond donors (Lipinski definition) is 0. The minimum atomic E-state index is -4.84. The number of fused-ring (bicyclic) bond motifs is 1. The molecule has 158 valence electrons. The molecule has 0 amide bonds. The molecule has 0 N–H and O–H groups in total. The van der Waals surface area contributed by atoms with E-state index >= 15 is 0 Å². The second-order valence-corrected chi connectivity index (χ2v) is 6.20. The maximum atomic E-state index is 14.6. The summed E-state index contributed by atoms with van der Waals surface area (Å²) < 4.78 is 104. The third-order valence-corrected chi connectivity index (χ3v) is 4.04. The fourth-order valence-corrected chi connectivity index (χ4v) is 2.81. The van der Waals surface area contributed by atoms with E-state index in [0.717, 1.165) is 18.2 Å². The van der Waals surface area contributed by atoms with E-state index < -0.39 is 47.2 Å². The molecule has 0 unspecified atom stereocenters. The Balaban J connectivity index is 2.05. The molecule has 0 atom stereocenters. The summed E-state index contributed by atoms with van der Waals surface area (Å²) in [4.78, 5) is 0. The lowest BCUT2D eigenvalue weighted by molar-refractivity contribution is -0.154. The van der Waals surface area contributed by atoms with Crippen molar-refractivity contribution in [2.24, 2.45) is 0 Å². The van der Waals surface area contributed by atoms with Crippen LogP contribution in [0, 0.1) is 23.3 Å². The van der Waals surface area contributed by atoms with Crippen molar-refractivity contribution in [3.05, 3.63) is 72.3 Å². The smallest absolute Gasteiger partial charge is 0.422 e. The molecule has 0 saturated carbocycles. The first-order chi connectivity index (χ1) is 14.1. The average Bonchev–Trinajstić information content (AvgIpc) is 2.64. The fraction of sp³-hybridized carbons (Fsp3) is 0.143. The molecule has 0 aromatic heterocycles. The summed E-state index contributed by atoms with van der Waals surface area (Å²) in [6.07, 6.45) is -3.38. The topological polar surface area (TPSA) is 18.5 Å². The van der Waals surface area contributed by atoms with E-state index in [-0.39, 0.29) is 28.9 Å². The molecule has 3 aromatic rings. The van der Waals surface area contributed by atoms with Crippen LogP contribution in [0.15, 0.2) is 49.1 Å². The van der Waals surface area contributed by atoms with Crippen LogP contribution in [0.25, 0.3) is 21.9 Å². The van der Waals surface area contributed by atoms with Crippen LogP contribution < -0.4 is 9.47 Å². The van der Waals surface area contributed by atoms with Gasteiger partial charge in [-0.3, -0.25) is 0 Å². The van der Waals surface area contributed by atoms with Crippen molar-refractivity contribution in [2.45, 2.75) is 6.18 Å². The van der Waals surface area contributed by atoms with Crippen LogP contribution in [-0.2, 0) is 0 Å². The van der Waals surface area contributed by atoms with E-state index in [1.54, 1.807) is 0 Å². The van der Waals surface area contributed by atoms with Gasteiger partial charge in [0.05, 0.1) is 5.39 Å². The first-order valence-electron chi connectivity index (χ1n) is 8.45. The highest BCUT2D eigenvalue weighted by Gasteiger charge is 2.30. The number of alkyl halides is 3. The Labute approximate surface area is 166 Å². The summed E-state index contributed by atoms with van der Waals surface area (Å²) in [6.45, 7) is 1.65. The first kappa shape index (κ1) is 21.5. The molecule has 2 nitrogen and oxygen atoms in total. The fourth-order valence-electron chi connectivity index (χ4n) is 2.81. The minimum absolute atomic E-state index is 0.0319. The Morgan fingerprint density at radius 3 is 2.23 bits per heavy atom. The number of rotatable bonds is 6. The van der Waals surface area contributed by atoms with Gasteiger partial charge in [-0.25, -0.2) is 17.6 Å². The molecule has 0 aliphatic rings. The Hall–Kier alpha value is -3.23. The predicted molar refractivity (Wildman–Crippen MR) is 96.5 cm³/mol. The second-order valence-electron chi connectivity index (χ2n) is 6.20. The van der Waals surface area contributed by atoms with Gasteiger partial charge in [0.1, 0.15) is 24.0 Å². The number of ether oxygens (including phenoxy) is 2. The molecule has 0 radical (unpaired) electrons. The molecule has 0 aliphatic carbocycles. The summed E-state index contributed by atoms with van der Waals surface area (Å²) in [5.74, 6) is -6.21. The highest BCUT2D eigenvalue weighted by molar-refractivity contribution is 5.90. The average molecular weight is 430 g/mol. The zero-order valence-electron chi connectivity index (χ0n) is 15.1. The summed E-state index contributed by atoms with van der Waals surface area (Å²) in [5.41, 5.74) is -0.101. The van der Waals surface area contributed by atoms with E-state index in [1.807, 2.05) is 0 Å². The largest absolute Gasteiger partial charge is 0.489 e. The standard InChI is InChI=1S/C21H13F7O2/c1-2-5-29-13-3-4-14(15(22)9-13)11-6-12-8-17(24)20(30-10-21(26,27)28)19(25)18(12)16(23)7-11/h2-4,6-9H,1,5,10H2. The van der Waals surface area contributed by atoms with E-state index in [4.69, 9.17) is 4.74 Å². The van der Waals surface area contributed by atoms with Crippen molar-refractivity contribution in [3.8, 4) is 22.6 Å². The van der Waals surface area contributed by atoms with Gasteiger partial charge in [0.2, 0.25) is 0 Å². The van der Waals surface area contributed by atoms with Crippen LogP contribution in [0.3, 0.4) is 0 Å². The molecular weight excluding hydrogens is 417 g/mol. The van der Waals surface area contributed by atoms with Gasteiger partial charge in [0, 0.05) is 11.6 Å². The van der Waals surface area contributed by atoms with Gasteiger partial charge in [-0.15, -0.1) is 0 Å². The summed E-state index contributed by atoms with van der Waals surface area (Å²) in [6, 6.07) is 6.29. The number of halogens is 7. The van der Waals surface area contributed by atoms with Gasteiger partial charge < -0.3 is 9.47 Å². The Morgan fingerprint density at radius 2 is 1.60 bits per heavy atom. The summed E-state index contributed by atoms with van der Waals surface area (Å²) >= 11 is 0. The maximum Gasteiger partial charge on any atom is 0.422 e. The Bertz CT molecular complexity index is 1110.